The van der Waals surface area contributed by atoms with Gasteiger partial charge in [0.15, 0.2) is 6.04 Å². The summed E-state index contributed by atoms with van der Waals surface area (Å²) >= 11 is 0. The molecule has 1 aromatic heterocycles. The van der Waals surface area contributed by atoms with Crippen molar-refractivity contribution in [2.24, 2.45) is 0 Å². The molecule has 160 valence electrons. The Balaban J connectivity index is 1.76. The van der Waals surface area contributed by atoms with E-state index in [1.54, 1.807) is 4.68 Å². The molecule has 1 atom stereocenters. The predicted molar refractivity (Wildman–Crippen MR) is 117 cm³/mol. The Labute approximate surface area is 175 Å². The first-order chi connectivity index (χ1) is 14.3. The van der Waals surface area contributed by atoms with E-state index >= 15 is 0 Å². The number of benzene rings is 1. The molecule has 0 aliphatic carbocycles. The summed E-state index contributed by atoms with van der Waals surface area (Å²) in [6, 6.07) is 9.04. The van der Waals surface area contributed by atoms with Crippen LogP contribution in [-0.2, 0) is 16.0 Å². The van der Waals surface area contributed by atoms with Crippen LogP contribution in [-0.4, -0.2) is 27.6 Å². The van der Waals surface area contributed by atoms with Crippen molar-refractivity contribution in [3.63, 3.8) is 0 Å². The van der Waals surface area contributed by atoms with Gasteiger partial charge in [-0.3, -0.25) is 0 Å². The van der Waals surface area contributed by atoms with E-state index < -0.39 is 6.04 Å². The van der Waals surface area contributed by atoms with Crippen molar-refractivity contribution in [3.05, 3.63) is 47.8 Å². The normalized spacial score (nSPS) is 12.1. The van der Waals surface area contributed by atoms with E-state index in [4.69, 9.17) is 4.74 Å². The van der Waals surface area contributed by atoms with Crippen LogP contribution in [0.5, 0.6) is 0 Å². The SMILES string of the molecule is CCCCCCCCCCCCc1cn(C(C(=O)OCC)c2ccccc2)nn1. The van der Waals surface area contributed by atoms with E-state index in [0.29, 0.717) is 6.61 Å². The number of nitrogens with zero attached hydrogens (tertiary/aromatic N) is 3. The minimum Gasteiger partial charge on any atom is -0.464 e. The largest absolute Gasteiger partial charge is 0.464 e. The van der Waals surface area contributed by atoms with E-state index in [0.717, 1.165) is 24.1 Å². The summed E-state index contributed by atoms with van der Waals surface area (Å²) < 4.78 is 6.90. The van der Waals surface area contributed by atoms with Crippen molar-refractivity contribution in [2.45, 2.75) is 90.5 Å². The molecule has 5 heteroatoms. The highest BCUT2D eigenvalue weighted by Gasteiger charge is 2.25. The number of hydrogen-bond donors (Lipinski definition) is 0. The van der Waals surface area contributed by atoms with Crippen LogP contribution in [0.4, 0.5) is 0 Å². The van der Waals surface area contributed by atoms with E-state index in [1.165, 1.54) is 57.8 Å². The minimum absolute atomic E-state index is 0.297. The summed E-state index contributed by atoms with van der Waals surface area (Å²) in [6.07, 6.45) is 16.0. The molecule has 1 heterocycles. The molecule has 2 rings (SSSR count). The zero-order valence-corrected chi connectivity index (χ0v) is 18.2. The standard InChI is InChI=1S/C24H37N3O2/c1-3-5-6-7-8-9-10-11-12-16-19-22-20-27(26-25-22)23(24(28)29-4-2)21-17-14-13-15-18-21/h13-15,17-18,20,23H,3-12,16,19H2,1-2H3. The molecule has 1 unspecified atom stereocenters. The second-order valence-electron chi connectivity index (χ2n) is 7.69. The highest BCUT2D eigenvalue weighted by Crippen LogP contribution is 2.20. The van der Waals surface area contributed by atoms with Gasteiger partial charge in [0, 0.05) is 6.20 Å². The Morgan fingerprint density at radius 1 is 0.931 bits per heavy atom. The lowest BCUT2D eigenvalue weighted by Crippen LogP contribution is -2.23. The Hall–Kier alpha value is -2.17. The van der Waals surface area contributed by atoms with Crippen molar-refractivity contribution in [1.82, 2.24) is 15.0 Å². The number of unbranched alkanes of at least 4 members (excludes halogenated alkanes) is 9. The maximum atomic E-state index is 12.5. The number of aromatic nitrogens is 3. The quantitative estimate of drug-likeness (QED) is 0.277. The number of carbonyl (C=O) groups is 1. The molecule has 0 amide bonds. The lowest BCUT2D eigenvalue weighted by Gasteiger charge is -2.15. The first kappa shape index (κ1) is 23.1. The van der Waals surface area contributed by atoms with Gasteiger partial charge in [-0.25, -0.2) is 9.48 Å². The van der Waals surface area contributed by atoms with Crippen LogP contribution in [0.3, 0.4) is 0 Å². The van der Waals surface area contributed by atoms with Crippen LogP contribution >= 0.6 is 0 Å². The van der Waals surface area contributed by atoms with Gasteiger partial charge in [0.1, 0.15) is 0 Å². The zero-order valence-electron chi connectivity index (χ0n) is 18.2. The summed E-state index contributed by atoms with van der Waals surface area (Å²) in [5, 5.41) is 8.51. The topological polar surface area (TPSA) is 57.0 Å². The number of esters is 1. The lowest BCUT2D eigenvalue weighted by atomic mass is 10.1. The third-order valence-electron chi connectivity index (χ3n) is 5.23. The first-order valence-corrected chi connectivity index (χ1v) is 11.4. The number of hydrogen-bond acceptors (Lipinski definition) is 4. The van der Waals surface area contributed by atoms with Crippen LogP contribution in [0.15, 0.2) is 36.5 Å². The van der Waals surface area contributed by atoms with Crippen LogP contribution < -0.4 is 0 Å². The van der Waals surface area contributed by atoms with Crippen LogP contribution in [0.1, 0.15) is 95.4 Å². The van der Waals surface area contributed by atoms with Gasteiger partial charge < -0.3 is 4.74 Å². The molecular weight excluding hydrogens is 362 g/mol. The van der Waals surface area contributed by atoms with Gasteiger partial charge in [-0.15, -0.1) is 5.10 Å². The maximum absolute atomic E-state index is 12.5. The van der Waals surface area contributed by atoms with Crippen LogP contribution in [0.25, 0.3) is 0 Å². The van der Waals surface area contributed by atoms with E-state index in [-0.39, 0.29) is 5.97 Å². The molecule has 2 aromatic rings. The molecule has 0 aliphatic rings. The smallest absolute Gasteiger partial charge is 0.335 e. The molecule has 0 saturated heterocycles. The van der Waals surface area contributed by atoms with Crippen LogP contribution in [0.2, 0.25) is 0 Å². The predicted octanol–water partition coefficient (Wildman–Crippen LogP) is 5.89. The second-order valence-corrected chi connectivity index (χ2v) is 7.69. The Morgan fingerprint density at radius 2 is 1.55 bits per heavy atom. The van der Waals surface area contributed by atoms with E-state index in [9.17, 15) is 4.79 Å². The molecule has 0 spiro atoms. The fourth-order valence-corrected chi connectivity index (χ4v) is 3.60. The molecule has 0 N–H and O–H groups in total. The summed E-state index contributed by atoms with van der Waals surface area (Å²) in [4.78, 5) is 12.5. The average Bonchev–Trinajstić information content (AvgIpc) is 3.19. The molecule has 0 fully saturated rings. The van der Waals surface area contributed by atoms with E-state index in [1.807, 2.05) is 43.5 Å². The van der Waals surface area contributed by atoms with Gasteiger partial charge in [0.2, 0.25) is 0 Å². The van der Waals surface area contributed by atoms with Gasteiger partial charge in [-0.1, -0.05) is 100 Å². The summed E-state index contributed by atoms with van der Waals surface area (Å²) in [5.41, 5.74) is 1.80. The number of ether oxygens (including phenoxy) is 1. The van der Waals surface area contributed by atoms with Gasteiger partial charge in [0.25, 0.3) is 0 Å². The highest BCUT2D eigenvalue weighted by atomic mass is 16.5. The maximum Gasteiger partial charge on any atom is 0.335 e. The zero-order chi connectivity index (χ0) is 20.7. The highest BCUT2D eigenvalue weighted by molar-refractivity contribution is 5.77. The van der Waals surface area contributed by atoms with Crippen molar-refractivity contribution in [1.29, 1.82) is 0 Å². The molecule has 5 nitrogen and oxygen atoms in total. The van der Waals surface area contributed by atoms with Crippen molar-refractivity contribution in [3.8, 4) is 0 Å². The monoisotopic (exact) mass is 399 g/mol. The van der Waals surface area contributed by atoms with Gasteiger partial charge in [-0.05, 0) is 25.3 Å². The van der Waals surface area contributed by atoms with E-state index in [2.05, 4.69) is 17.2 Å². The van der Waals surface area contributed by atoms with Crippen molar-refractivity contribution >= 4 is 5.97 Å². The van der Waals surface area contributed by atoms with Crippen molar-refractivity contribution in [2.75, 3.05) is 6.61 Å². The number of carbonyl (C=O) groups excluding carboxylic acids is 1. The summed E-state index contributed by atoms with van der Waals surface area (Å²) in [5.74, 6) is -0.297. The molecule has 0 aliphatic heterocycles. The fraction of sp³-hybridized carbons (Fsp3) is 0.625. The molecule has 0 bridgehead atoms. The number of rotatable bonds is 15. The van der Waals surface area contributed by atoms with Crippen LogP contribution in [0, 0.1) is 0 Å². The molecular formula is C24H37N3O2. The Kier molecular flexibility index (Phi) is 11.1. The van der Waals surface area contributed by atoms with Gasteiger partial charge >= 0.3 is 5.97 Å². The molecule has 0 saturated carbocycles. The third kappa shape index (κ3) is 8.38. The fourth-order valence-electron chi connectivity index (χ4n) is 3.60. The number of aryl methyl sites for hydroxylation is 1. The second kappa shape index (κ2) is 13.9. The molecule has 0 radical (unpaired) electrons. The average molecular weight is 400 g/mol. The first-order valence-electron chi connectivity index (χ1n) is 11.4. The van der Waals surface area contributed by atoms with Crippen molar-refractivity contribution < 1.29 is 9.53 Å². The van der Waals surface area contributed by atoms with Gasteiger partial charge in [0.05, 0.1) is 12.3 Å². The summed E-state index contributed by atoms with van der Waals surface area (Å²) in [6.45, 7) is 4.43. The Bertz CT molecular complexity index is 684. The molecule has 1 aromatic carbocycles. The van der Waals surface area contributed by atoms with Gasteiger partial charge in [-0.2, -0.15) is 0 Å². The lowest BCUT2D eigenvalue weighted by molar-refractivity contribution is -0.146. The Morgan fingerprint density at radius 3 is 2.17 bits per heavy atom. The molecule has 29 heavy (non-hydrogen) atoms. The third-order valence-corrected chi connectivity index (χ3v) is 5.23. The minimum atomic E-state index is -0.579. The summed E-state index contributed by atoms with van der Waals surface area (Å²) in [7, 11) is 0.